The number of rotatable bonds is 10. The molecule has 0 aliphatic heterocycles. The van der Waals surface area contributed by atoms with Crippen LogP contribution in [0.3, 0.4) is 0 Å². The maximum Gasteiger partial charge on any atom is 0.0931 e. The molecule has 0 unspecified atom stereocenters. The number of nitrogens with two attached hydrogens (primary N) is 1. The Labute approximate surface area is 122 Å². The minimum Gasteiger partial charge on any atom is -0.345 e. The van der Waals surface area contributed by atoms with Crippen molar-refractivity contribution in [3.8, 4) is 0 Å². The van der Waals surface area contributed by atoms with Crippen LogP contribution in [0.4, 0.5) is 0 Å². The van der Waals surface area contributed by atoms with Crippen LogP contribution in [-0.2, 0) is 6.42 Å². The second-order valence-corrected chi connectivity index (χ2v) is 5.62. The highest BCUT2D eigenvalue weighted by molar-refractivity contribution is 5.74. The molecule has 0 saturated heterocycles. The van der Waals surface area contributed by atoms with E-state index >= 15 is 0 Å². The Hall–Kier alpha value is -1.35. The number of unbranched alkanes of at least 4 members (excludes halogenated alkanes) is 7. The van der Waals surface area contributed by atoms with Crippen molar-refractivity contribution in [2.75, 3.05) is 6.54 Å². The zero-order valence-electron chi connectivity index (χ0n) is 12.4. The molecule has 0 aliphatic carbocycles. The fraction of sp³-hybridized carbons (Fsp3) is 0.588. The molecule has 3 heteroatoms. The molecule has 0 aliphatic rings. The molecule has 0 amide bonds. The standard InChI is InChI=1S/C17H27N3/c18-12-8-6-4-2-1-3-5-7-9-15-10-11-16-17(13-15)20-14-19-16/h10-11,13-14H,1-9,12,18H2,(H,19,20). The lowest BCUT2D eigenvalue weighted by atomic mass is 10.0. The Balaban J connectivity index is 1.54. The summed E-state index contributed by atoms with van der Waals surface area (Å²) in [5, 5.41) is 0. The predicted molar refractivity (Wildman–Crippen MR) is 85.8 cm³/mol. The smallest absolute Gasteiger partial charge is 0.0931 e. The summed E-state index contributed by atoms with van der Waals surface area (Å²) in [6.07, 6.45) is 13.6. The molecule has 0 radical (unpaired) electrons. The Morgan fingerprint density at radius 3 is 2.35 bits per heavy atom. The van der Waals surface area contributed by atoms with Crippen LogP contribution in [0, 0.1) is 0 Å². The molecule has 0 atom stereocenters. The first-order valence-corrected chi connectivity index (χ1v) is 8.02. The van der Waals surface area contributed by atoms with Crippen molar-refractivity contribution >= 4 is 11.0 Å². The molecule has 3 N–H and O–H groups in total. The molecule has 2 rings (SSSR count). The Morgan fingerprint density at radius 2 is 1.60 bits per heavy atom. The van der Waals surface area contributed by atoms with Gasteiger partial charge in [0.15, 0.2) is 0 Å². The van der Waals surface area contributed by atoms with E-state index in [1.54, 1.807) is 6.33 Å². The van der Waals surface area contributed by atoms with Crippen molar-refractivity contribution < 1.29 is 0 Å². The van der Waals surface area contributed by atoms with Gasteiger partial charge in [-0.25, -0.2) is 4.98 Å². The van der Waals surface area contributed by atoms with Crippen LogP contribution < -0.4 is 5.73 Å². The molecule has 0 bridgehead atoms. The van der Waals surface area contributed by atoms with E-state index in [2.05, 4.69) is 28.2 Å². The maximum atomic E-state index is 5.49. The molecule has 1 aromatic carbocycles. The van der Waals surface area contributed by atoms with E-state index in [-0.39, 0.29) is 0 Å². The SMILES string of the molecule is NCCCCCCCCCCc1ccc2nc[nH]c2c1. The summed E-state index contributed by atoms with van der Waals surface area (Å²) in [5.41, 5.74) is 9.12. The minimum atomic E-state index is 0.848. The summed E-state index contributed by atoms with van der Waals surface area (Å²) in [7, 11) is 0. The largest absolute Gasteiger partial charge is 0.345 e. The highest BCUT2D eigenvalue weighted by atomic mass is 14.9. The molecule has 20 heavy (non-hydrogen) atoms. The van der Waals surface area contributed by atoms with Crippen LogP contribution in [0.1, 0.15) is 56.9 Å². The third kappa shape index (κ3) is 4.97. The van der Waals surface area contributed by atoms with E-state index in [0.717, 1.165) is 17.6 Å². The first-order chi connectivity index (χ1) is 9.90. The van der Waals surface area contributed by atoms with Crippen LogP contribution in [-0.4, -0.2) is 16.5 Å². The van der Waals surface area contributed by atoms with Crippen molar-refractivity contribution in [3.05, 3.63) is 30.1 Å². The summed E-state index contributed by atoms with van der Waals surface area (Å²) in [6, 6.07) is 6.55. The van der Waals surface area contributed by atoms with Gasteiger partial charge >= 0.3 is 0 Å². The van der Waals surface area contributed by atoms with E-state index in [1.807, 2.05) is 0 Å². The van der Waals surface area contributed by atoms with Gasteiger partial charge in [0.25, 0.3) is 0 Å². The van der Waals surface area contributed by atoms with Gasteiger partial charge in [-0.3, -0.25) is 0 Å². The van der Waals surface area contributed by atoms with E-state index in [9.17, 15) is 0 Å². The molecular formula is C17H27N3. The Morgan fingerprint density at radius 1 is 0.900 bits per heavy atom. The predicted octanol–water partition coefficient (Wildman–Crippen LogP) is 4.18. The lowest BCUT2D eigenvalue weighted by Gasteiger charge is -2.03. The van der Waals surface area contributed by atoms with Crippen molar-refractivity contribution in [1.29, 1.82) is 0 Å². The van der Waals surface area contributed by atoms with Gasteiger partial charge in [-0.15, -0.1) is 0 Å². The number of fused-ring (bicyclic) bond motifs is 1. The van der Waals surface area contributed by atoms with Gasteiger partial charge in [-0.1, -0.05) is 44.6 Å². The van der Waals surface area contributed by atoms with Gasteiger partial charge in [0, 0.05) is 0 Å². The van der Waals surface area contributed by atoms with E-state index < -0.39 is 0 Å². The second kappa shape index (κ2) is 8.75. The highest BCUT2D eigenvalue weighted by Gasteiger charge is 1.99. The van der Waals surface area contributed by atoms with Crippen LogP contribution in [0.5, 0.6) is 0 Å². The molecule has 1 aromatic heterocycles. The number of aromatic amines is 1. The number of aryl methyl sites for hydroxylation is 1. The Kier molecular flexibility index (Phi) is 6.58. The van der Waals surface area contributed by atoms with Gasteiger partial charge < -0.3 is 10.7 Å². The normalized spacial score (nSPS) is 11.2. The Bertz CT molecular complexity index is 490. The molecule has 3 nitrogen and oxygen atoms in total. The van der Waals surface area contributed by atoms with Gasteiger partial charge in [0.2, 0.25) is 0 Å². The fourth-order valence-electron chi connectivity index (χ4n) is 2.67. The second-order valence-electron chi connectivity index (χ2n) is 5.62. The molecular weight excluding hydrogens is 246 g/mol. The fourth-order valence-corrected chi connectivity index (χ4v) is 2.67. The van der Waals surface area contributed by atoms with Crippen molar-refractivity contribution in [3.63, 3.8) is 0 Å². The van der Waals surface area contributed by atoms with Crippen LogP contribution >= 0.6 is 0 Å². The van der Waals surface area contributed by atoms with E-state index in [4.69, 9.17) is 5.73 Å². The highest BCUT2D eigenvalue weighted by Crippen LogP contribution is 2.15. The average Bonchev–Trinajstić information content (AvgIpc) is 2.93. The monoisotopic (exact) mass is 273 g/mol. The quantitative estimate of drug-likeness (QED) is 0.638. The number of imidazole rings is 1. The summed E-state index contributed by atoms with van der Waals surface area (Å²) >= 11 is 0. The van der Waals surface area contributed by atoms with E-state index in [1.165, 1.54) is 63.4 Å². The molecule has 0 saturated carbocycles. The van der Waals surface area contributed by atoms with Crippen LogP contribution in [0.25, 0.3) is 11.0 Å². The summed E-state index contributed by atoms with van der Waals surface area (Å²) in [4.78, 5) is 7.42. The first-order valence-electron chi connectivity index (χ1n) is 8.02. The number of H-pyrrole nitrogens is 1. The third-order valence-corrected chi connectivity index (χ3v) is 3.90. The third-order valence-electron chi connectivity index (χ3n) is 3.90. The van der Waals surface area contributed by atoms with Crippen LogP contribution in [0.2, 0.25) is 0 Å². The van der Waals surface area contributed by atoms with Gasteiger partial charge in [0.05, 0.1) is 17.4 Å². The molecule has 2 aromatic rings. The number of benzene rings is 1. The average molecular weight is 273 g/mol. The topological polar surface area (TPSA) is 54.7 Å². The summed E-state index contributed by atoms with van der Waals surface area (Å²) in [5.74, 6) is 0. The van der Waals surface area contributed by atoms with Crippen molar-refractivity contribution in [2.24, 2.45) is 5.73 Å². The van der Waals surface area contributed by atoms with Crippen LogP contribution in [0.15, 0.2) is 24.5 Å². The number of hydrogen-bond donors (Lipinski definition) is 2. The number of nitrogens with zero attached hydrogens (tertiary/aromatic N) is 1. The zero-order chi connectivity index (χ0) is 14.0. The zero-order valence-corrected chi connectivity index (χ0v) is 12.4. The molecule has 110 valence electrons. The molecule has 0 spiro atoms. The number of aromatic nitrogens is 2. The minimum absolute atomic E-state index is 0.848. The van der Waals surface area contributed by atoms with Crippen molar-refractivity contribution in [2.45, 2.75) is 57.8 Å². The number of nitrogens with one attached hydrogen (secondary N) is 1. The van der Waals surface area contributed by atoms with Crippen molar-refractivity contribution in [1.82, 2.24) is 9.97 Å². The van der Waals surface area contributed by atoms with E-state index in [0.29, 0.717) is 0 Å². The maximum absolute atomic E-state index is 5.49. The summed E-state index contributed by atoms with van der Waals surface area (Å²) in [6.45, 7) is 0.848. The van der Waals surface area contributed by atoms with Gasteiger partial charge in [0.1, 0.15) is 0 Å². The summed E-state index contributed by atoms with van der Waals surface area (Å²) < 4.78 is 0. The number of hydrogen-bond acceptors (Lipinski definition) is 2. The molecule has 1 heterocycles. The van der Waals surface area contributed by atoms with Gasteiger partial charge in [-0.05, 0) is 43.5 Å². The first kappa shape index (κ1) is 15.0. The lowest BCUT2D eigenvalue weighted by Crippen LogP contribution is -1.97. The molecule has 0 fully saturated rings. The van der Waals surface area contributed by atoms with Gasteiger partial charge in [-0.2, -0.15) is 0 Å². The lowest BCUT2D eigenvalue weighted by molar-refractivity contribution is 0.570.